The third kappa shape index (κ3) is 3.49. The SMILES string of the molecule is COc1cccc(CNC2CCC(C)CC2C)c1. The van der Waals surface area contributed by atoms with Gasteiger partial charge in [0.25, 0.3) is 0 Å². The zero-order chi connectivity index (χ0) is 13.0. The van der Waals surface area contributed by atoms with Gasteiger partial charge in [0.05, 0.1) is 7.11 Å². The topological polar surface area (TPSA) is 21.3 Å². The number of hydrogen-bond donors (Lipinski definition) is 1. The second-order valence-electron chi connectivity index (χ2n) is 5.73. The van der Waals surface area contributed by atoms with Crippen molar-refractivity contribution in [3.05, 3.63) is 29.8 Å². The molecule has 3 unspecified atom stereocenters. The van der Waals surface area contributed by atoms with Crippen molar-refractivity contribution in [2.24, 2.45) is 11.8 Å². The summed E-state index contributed by atoms with van der Waals surface area (Å²) in [6, 6.07) is 9.00. The molecule has 100 valence electrons. The van der Waals surface area contributed by atoms with E-state index in [1.165, 1.54) is 24.8 Å². The van der Waals surface area contributed by atoms with Crippen LogP contribution >= 0.6 is 0 Å². The van der Waals surface area contributed by atoms with E-state index in [9.17, 15) is 0 Å². The highest BCUT2D eigenvalue weighted by molar-refractivity contribution is 5.28. The molecule has 2 rings (SSSR count). The molecule has 2 heteroatoms. The Hall–Kier alpha value is -1.02. The number of methoxy groups -OCH3 is 1. The van der Waals surface area contributed by atoms with Crippen LogP contribution < -0.4 is 10.1 Å². The minimum absolute atomic E-state index is 0.674. The van der Waals surface area contributed by atoms with Crippen LogP contribution in [-0.4, -0.2) is 13.2 Å². The second-order valence-corrected chi connectivity index (χ2v) is 5.73. The van der Waals surface area contributed by atoms with E-state index in [2.05, 4.69) is 37.4 Å². The molecule has 2 nitrogen and oxygen atoms in total. The number of nitrogens with one attached hydrogen (secondary N) is 1. The monoisotopic (exact) mass is 247 g/mol. The largest absolute Gasteiger partial charge is 0.497 e. The Morgan fingerprint density at radius 1 is 1.28 bits per heavy atom. The van der Waals surface area contributed by atoms with Gasteiger partial charge in [-0.05, 0) is 48.8 Å². The average Bonchev–Trinajstić information content (AvgIpc) is 2.38. The smallest absolute Gasteiger partial charge is 0.119 e. The molecule has 1 saturated carbocycles. The van der Waals surface area contributed by atoms with E-state index < -0.39 is 0 Å². The van der Waals surface area contributed by atoms with E-state index in [4.69, 9.17) is 4.74 Å². The summed E-state index contributed by atoms with van der Waals surface area (Å²) >= 11 is 0. The van der Waals surface area contributed by atoms with Gasteiger partial charge in [0.2, 0.25) is 0 Å². The van der Waals surface area contributed by atoms with Crippen LogP contribution in [0.15, 0.2) is 24.3 Å². The van der Waals surface area contributed by atoms with E-state index in [-0.39, 0.29) is 0 Å². The summed E-state index contributed by atoms with van der Waals surface area (Å²) in [6.45, 7) is 5.69. The van der Waals surface area contributed by atoms with Crippen molar-refractivity contribution in [3.63, 3.8) is 0 Å². The number of rotatable bonds is 4. The van der Waals surface area contributed by atoms with Gasteiger partial charge >= 0.3 is 0 Å². The molecular weight excluding hydrogens is 222 g/mol. The molecule has 0 radical (unpaired) electrons. The Kier molecular flexibility index (Phi) is 4.65. The minimum atomic E-state index is 0.674. The van der Waals surface area contributed by atoms with Gasteiger partial charge in [-0.1, -0.05) is 26.0 Å². The average molecular weight is 247 g/mol. The van der Waals surface area contributed by atoms with Gasteiger partial charge in [-0.15, -0.1) is 0 Å². The fourth-order valence-corrected chi connectivity index (χ4v) is 3.00. The number of hydrogen-bond acceptors (Lipinski definition) is 2. The predicted octanol–water partition coefficient (Wildman–Crippen LogP) is 3.61. The zero-order valence-corrected chi connectivity index (χ0v) is 11.8. The number of benzene rings is 1. The summed E-state index contributed by atoms with van der Waals surface area (Å²) in [5.41, 5.74) is 1.31. The third-order valence-corrected chi connectivity index (χ3v) is 4.13. The predicted molar refractivity (Wildman–Crippen MR) is 75.8 cm³/mol. The maximum Gasteiger partial charge on any atom is 0.119 e. The van der Waals surface area contributed by atoms with Crippen LogP contribution in [0.25, 0.3) is 0 Å². The van der Waals surface area contributed by atoms with Crippen LogP contribution in [0.3, 0.4) is 0 Å². The lowest BCUT2D eigenvalue weighted by Crippen LogP contribution is -2.38. The Morgan fingerprint density at radius 3 is 2.83 bits per heavy atom. The van der Waals surface area contributed by atoms with Gasteiger partial charge in [0.15, 0.2) is 0 Å². The van der Waals surface area contributed by atoms with Gasteiger partial charge in [-0.3, -0.25) is 0 Å². The van der Waals surface area contributed by atoms with E-state index in [1.807, 2.05) is 6.07 Å². The van der Waals surface area contributed by atoms with Crippen LogP contribution in [-0.2, 0) is 6.54 Å². The molecule has 1 aromatic carbocycles. The molecule has 0 amide bonds. The van der Waals surface area contributed by atoms with Crippen LogP contribution in [0.4, 0.5) is 0 Å². The Labute approximate surface area is 111 Å². The molecule has 18 heavy (non-hydrogen) atoms. The van der Waals surface area contributed by atoms with Gasteiger partial charge in [-0.25, -0.2) is 0 Å². The molecule has 1 aliphatic rings. The maximum absolute atomic E-state index is 5.25. The minimum Gasteiger partial charge on any atom is -0.497 e. The summed E-state index contributed by atoms with van der Waals surface area (Å²) in [5, 5.41) is 3.70. The summed E-state index contributed by atoms with van der Waals surface area (Å²) in [7, 11) is 1.72. The first-order valence-corrected chi connectivity index (χ1v) is 7.05. The van der Waals surface area contributed by atoms with Gasteiger partial charge in [0.1, 0.15) is 5.75 Å². The molecule has 1 aromatic rings. The fourth-order valence-electron chi connectivity index (χ4n) is 3.00. The quantitative estimate of drug-likeness (QED) is 0.877. The Morgan fingerprint density at radius 2 is 2.11 bits per heavy atom. The van der Waals surface area contributed by atoms with Crippen LogP contribution in [0.1, 0.15) is 38.7 Å². The van der Waals surface area contributed by atoms with Gasteiger partial charge in [-0.2, -0.15) is 0 Å². The van der Waals surface area contributed by atoms with Gasteiger partial charge < -0.3 is 10.1 Å². The lowest BCUT2D eigenvalue weighted by Gasteiger charge is -2.33. The molecule has 1 aliphatic carbocycles. The van der Waals surface area contributed by atoms with Crippen molar-refractivity contribution in [2.75, 3.05) is 7.11 Å². The molecule has 0 aromatic heterocycles. The molecule has 0 bridgehead atoms. The maximum atomic E-state index is 5.25. The molecule has 0 spiro atoms. The molecule has 0 heterocycles. The lowest BCUT2D eigenvalue weighted by molar-refractivity contribution is 0.227. The zero-order valence-electron chi connectivity index (χ0n) is 11.8. The van der Waals surface area contributed by atoms with Gasteiger partial charge in [0, 0.05) is 12.6 Å². The van der Waals surface area contributed by atoms with E-state index in [0.717, 1.165) is 24.1 Å². The van der Waals surface area contributed by atoms with Crippen molar-refractivity contribution in [1.29, 1.82) is 0 Å². The highest BCUT2D eigenvalue weighted by Gasteiger charge is 2.24. The lowest BCUT2D eigenvalue weighted by atomic mass is 9.80. The second kappa shape index (κ2) is 6.24. The highest BCUT2D eigenvalue weighted by atomic mass is 16.5. The van der Waals surface area contributed by atoms with Crippen molar-refractivity contribution in [3.8, 4) is 5.75 Å². The summed E-state index contributed by atoms with van der Waals surface area (Å²) in [4.78, 5) is 0. The first-order chi connectivity index (χ1) is 8.69. The Balaban J connectivity index is 1.87. The summed E-state index contributed by atoms with van der Waals surface area (Å²) in [5.74, 6) is 2.63. The molecule has 3 atom stereocenters. The van der Waals surface area contributed by atoms with Crippen molar-refractivity contribution in [1.82, 2.24) is 5.32 Å². The fraction of sp³-hybridized carbons (Fsp3) is 0.625. The van der Waals surface area contributed by atoms with E-state index >= 15 is 0 Å². The molecule has 0 saturated heterocycles. The summed E-state index contributed by atoms with van der Waals surface area (Å²) < 4.78 is 5.25. The van der Waals surface area contributed by atoms with Crippen molar-refractivity contribution < 1.29 is 4.74 Å². The Bertz CT molecular complexity index is 377. The van der Waals surface area contributed by atoms with E-state index in [1.54, 1.807) is 7.11 Å². The van der Waals surface area contributed by atoms with Crippen LogP contribution in [0.2, 0.25) is 0 Å². The van der Waals surface area contributed by atoms with Crippen LogP contribution in [0.5, 0.6) is 5.75 Å². The van der Waals surface area contributed by atoms with Crippen molar-refractivity contribution in [2.45, 2.75) is 45.7 Å². The molecule has 1 fully saturated rings. The first kappa shape index (κ1) is 13.4. The normalized spacial score (nSPS) is 28.1. The molecule has 0 aliphatic heterocycles. The molecule has 1 N–H and O–H groups in total. The summed E-state index contributed by atoms with van der Waals surface area (Å²) in [6.07, 6.45) is 4.03. The number of ether oxygens (including phenoxy) is 1. The van der Waals surface area contributed by atoms with Crippen molar-refractivity contribution >= 4 is 0 Å². The standard InChI is InChI=1S/C16H25NO/c1-12-7-8-16(13(2)9-12)17-11-14-5-4-6-15(10-14)18-3/h4-6,10,12-13,16-17H,7-9,11H2,1-3H3. The van der Waals surface area contributed by atoms with E-state index in [0.29, 0.717) is 6.04 Å². The molecular formula is C16H25NO. The highest BCUT2D eigenvalue weighted by Crippen LogP contribution is 2.28. The first-order valence-electron chi connectivity index (χ1n) is 7.05. The van der Waals surface area contributed by atoms with Crippen LogP contribution in [0, 0.1) is 11.8 Å². The third-order valence-electron chi connectivity index (χ3n) is 4.13.